The maximum absolute atomic E-state index is 4.31. The Balaban J connectivity index is 1.42. The highest BCUT2D eigenvalue weighted by molar-refractivity contribution is 7.99. The first-order valence-electron chi connectivity index (χ1n) is 8.96. The normalized spacial score (nSPS) is 13.9. The lowest BCUT2D eigenvalue weighted by atomic mass is 10.2. The van der Waals surface area contributed by atoms with Crippen LogP contribution in [0.2, 0.25) is 0 Å². The van der Waals surface area contributed by atoms with Crippen LogP contribution < -0.4 is 15.5 Å². The molecule has 4 nitrogen and oxygen atoms in total. The monoisotopic (exact) mass is 366 g/mol. The van der Waals surface area contributed by atoms with Crippen LogP contribution in [0.3, 0.4) is 0 Å². The van der Waals surface area contributed by atoms with Gasteiger partial charge in [0.15, 0.2) is 5.96 Å². The van der Waals surface area contributed by atoms with Crippen molar-refractivity contribution < 1.29 is 0 Å². The molecule has 0 saturated heterocycles. The first kappa shape index (κ1) is 18.4. The molecule has 0 atom stereocenters. The van der Waals surface area contributed by atoms with Crippen molar-refractivity contribution in [1.29, 1.82) is 0 Å². The Bertz CT molecular complexity index is 735. The largest absolute Gasteiger partial charge is 0.364 e. The summed E-state index contributed by atoms with van der Waals surface area (Å²) in [5, 5.41) is 6.77. The highest BCUT2D eigenvalue weighted by Gasteiger charge is 2.08. The molecule has 26 heavy (non-hydrogen) atoms. The molecule has 0 spiro atoms. The number of thioether (sulfide) groups is 1. The van der Waals surface area contributed by atoms with Gasteiger partial charge >= 0.3 is 0 Å². The van der Waals surface area contributed by atoms with Gasteiger partial charge in [-0.1, -0.05) is 42.5 Å². The number of hydrogen-bond donors (Lipinski definition) is 2. The first-order valence-corrected chi connectivity index (χ1v) is 9.95. The Morgan fingerprint density at radius 1 is 1.04 bits per heavy atom. The van der Waals surface area contributed by atoms with E-state index in [4.69, 9.17) is 0 Å². The minimum atomic E-state index is 0.764. The highest BCUT2D eigenvalue weighted by Crippen LogP contribution is 2.18. The number of aliphatic imine (C=N–C) groups is 1. The number of hydrogen-bond acceptors (Lipinski definition) is 3. The fourth-order valence-corrected chi connectivity index (χ4v) is 3.60. The van der Waals surface area contributed by atoms with Crippen LogP contribution in [0.25, 0.3) is 0 Å². The summed E-state index contributed by atoms with van der Waals surface area (Å²) in [5.74, 6) is 1.84. The lowest BCUT2D eigenvalue weighted by molar-refractivity contribution is 0.832. The third-order valence-corrected chi connectivity index (χ3v) is 5.20. The van der Waals surface area contributed by atoms with Crippen LogP contribution in [0.15, 0.2) is 76.6 Å². The van der Waals surface area contributed by atoms with Gasteiger partial charge in [-0.05, 0) is 29.8 Å². The predicted molar refractivity (Wildman–Crippen MR) is 113 cm³/mol. The van der Waals surface area contributed by atoms with E-state index in [0.717, 1.165) is 37.9 Å². The molecule has 1 aliphatic heterocycles. The standard InChI is InChI=1S/C21H26N4S/c1-22-21(23-12-15-26-20-10-3-2-4-11-20)24-17-18-8-7-9-19(16-18)25-13-5-6-14-25/h2-11,16H,12-15,17H2,1H3,(H2,22,23,24). The van der Waals surface area contributed by atoms with Crippen LogP contribution in [0, 0.1) is 0 Å². The lowest BCUT2D eigenvalue weighted by Gasteiger charge is -2.19. The maximum Gasteiger partial charge on any atom is 0.191 e. The minimum Gasteiger partial charge on any atom is -0.364 e. The summed E-state index contributed by atoms with van der Waals surface area (Å²) in [6.07, 6.45) is 4.42. The molecule has 2 aromatic rings. The molecule has 2 N–H and O–H groups in total. The zero-order valence-electron chi connectivity index (χ0n) is 15.2. The van der Waals surface area contributed by atoms with E-state index in [1.54, 1.807) is 0 Å². The van der Waals surface area contributed by atoms with E-state index in [2.05, 4.69) is 81.2 Å². The molecule has 1 heterocycles. The second-order valence-corrected chi connectivity index (χ2v) is 7.23. The van der Waals surface area contributed by atoms with Gasteiger partial charge in [-0.3, -0.25) is 4.99 Å². The van der Waals surface area contributed by atoms with Gasteiger partial charge in [-0.25, -0.2) is 0 Å². The Morgan fingerprint density at radius 3 is 2.62 bits per heavy atom. The molecule has 5 heteroatoms. The SMILES string of the molecule is CN=C(NCCSc1ccccc1)NCc1cccc(N2CC=CC2)c1. The fraction of sp³-hybridized carbons (Fsp3) is 0.286. The second kappa shape index (κ2) is 9.92. The maximum atomic E-state index is 4.31. The summed E-state index contributed by atoms with van der Waals surface area (Å²) in [7, 11) is 1.81. The average Bonchev–Trinajstić information content (AvgIpc) is 3.23. The van der Waals surface area contributed by atoms with Crippen molar-refractivity contribution in [2.75, 3.05) is 37.3 Å². The number of anilines is 1. The van der Waals surface area contributed by atoms with E-state index in [1.807, 2.05) is 24.9 Å². The third kappa shape index (κ3) is 5.56. The molecule has 0 radical (unpaired) electrons. The van der Waals surface area contributed by atoms with Crippen molar-refractivity contribution in [3.05, 3.63) is 72.3 Å². The van der Waals surface area contributed by atoms with Gasteiger partial charge in [0.05, 0.1) is 0 Å². The van der Waals surface area contributed by atoms with Crippen molar-refractivity contribution in [2.45, 2.75) is 11.4 Å². The van der Waals surface area contributed by atoms with Gasteiger partial charge in [-0.15, -0.1) is 11.8 Å². The summed E-state index contributed by atoms with van der Waals surface area (Å²) >= 11 is 1.85. The van der Waals surface area contributed by atoms with E-state index in [9.17, 15) is 0 Å². The molecule has 0 bridgehead atoms. The first-order chi connectivity index (χ1) is 12.8. The van der Waals surface area contributed by atoms with Crippen molar-refractivity contribution in [3.63, 3.8) is 0 Å². The van der Waals surface area contributed by atoms with Gasteiger partial charge in [0, 0.05) is 49.6 Å². The van der Waals surface area contributed by atoms with Crippen LogP contribution in [0.5, 0.6) is 0 Å². The third-order valence-electron chi connectivity index (χ3n) is 4.18. The van der Waals surface area contributed by atoms with Crippen LogP contribution >= 0.6 is 11.8 Å². The van der Waals surface area contributed by atoms with Crippen molar-refractivity contribution >= 4 is 23.4 Å². The van der Waals surface area contributed by atoms with Crippen LogP contribution in [0.4, 0.5) is 5.69 Å². The van der Waals surface area contributed by atoms with E-state index in [1.165, 1.54) is 16.1 Å². The Kier molecular flexibility index (Phi) is 7.02. The zero-order valence-corrected chi connectivity index (χ0v) is 16.0. The minimum absolute atomic E-state index is 0.764. The second-order valence-electron chi connectivity index (χ2n) is 6.06. The number of nitrogens with zero attached hydrogens (tertiary/aromatic N) is 2. The van der Waals surface area contributed by atoms with Crippen molar-refractivity contribution in [1.82, 2.24) is 10.6 Å². The zero-order chi connectivity index (χ0) is 18.0. The summed E-state index contributed by atoms with van der Waals surface area (Å²) in [6.45, 7) is 3.64. The molecule has 0 saturated carbocycles. The average molecular weight is 367 g/mol. The van der Waals surface area contributed by atoms with Gasteiger partial charge in [0.2, 0.25) is 0 Å². The summed E-state index contributed by atoms with van der Waals surface area (Å²) in [4.78, 5) is 7.97. The molecule has 0 fully saturated rings. The van der Waals surface area contributed by atoms with E-state index >= 15 is 0 Å². The number of nitrogens with one attached hydrogen (secondary N) is 2. The molecule has 0 unspecified atom stereocenters. The van der Waals surface area contributed by atoms with Crippen LogP contribution in [-0.4, -0.2) is 38.4 Å². The van der Waals surface area contributed by atoms with Crippen molar-refractivity contribution in [2.24, 2.45) is 4.99 Å². The van der Waals surface area contributed by atoms with E-state index in [-0.39, 0.29) is 0 Å². The quantitative estimate of drug-likeness (QED) is 0.259. The Labute approximate surface area is 160 Å². The van der Waals surface area contributed by atoms with Gasteiger partial charge in [0.25, 0.3) is 0 Å². The smallest absolute Gasteiger partial charge is 0.191 e. The highest BCUT2D eigenvalue weighted by atomic mass is 32.2. The van der Waals surface area contributed by atoms with Gasteiger partial charge in [0.1, 0.15) is 0 Å². The summed E-state index contributed by atoms with van der Waals surface area (Å²) < 4.78 is 0. The molecule has 0 aliphatic carbocycles. The number of guanidine groups is 1. The van der Waals surface area contributed by atoms with Crippen LogP contribution in [0.1, 0.15) is 5.56 Å². The van der Waals surface area contributed by atoms with E-state index < -0.39 is 0 Å². The van der Waals surface area contributed by atoms with E-state index in [0.29, 0.717) is 0 Å². The molecule has 0 amide bonds. The molecule has 1 aliphatic rings. The Morgan fingerprint density at radius 2 is 1.85 bits per heavy atom. The summed E-state index contributed by atoms with van der Waals surface area (Å²) in [6, 6.07) is 19.2. The van der Waals surface area contributed by atoms with Gasteiger partial charge < -0.3 is 15.5 Å². The molecule has 0 aromatic heterocycles. The number of rotatable bonds is 7. The molecular weight excluding hydrogens is 340 g/mol. The fourth-order valence-electron chi connectivity index (χ4n) is 2.81. The topological polar surface area (TPSA) is 39.7 Å². The predicted octanol–water partition coefficient (Wildman–Crippen LogP) is 3.52. The Hall–Kier alpha value is -2.40. The van der Waals surface area contributed by atoms with Crippen LogP contribution in [-0.2, 0) is 6.54 Å². The molecule has 136 valence electrons. The lowest BCUT2D eigenvalue weighted by Crippen LogP contribution is -2.38. The molecule has 2 aromatic carbocycles. The summed E-state index contributed by atoms with van der Waals surface area (Å²) in [5.41, 5.74) is 2.53. The molecular formula is C21H26N4S. The van der Waals surface area contributed by atoms with Gasteiger partial charge in [-0.2, -0.15) is 0 Å². The molecule has 3 rings (SSSR count). The number of benzene rings is 2. The van der Waals surface area contributed by atoms with Crippen molar-refractivity contribution in [3.8, 4) is 0 Å².